The summed E-state index contributed by atoms with van der Waals surface area (Å²) in [6, 6.07) is 6.57. The lowest BCUT2D eigenvalue weighted by Gasteiger charge is -2.06. The highest BCUT2D eigenvalue weighted by atomic mass is 32.1. The maximum absolute atomic E-state index is 11.9. The molecule has 0 radical (unpaired) electrons. The van der Waals surface area contributed by atoms with Crippen molar-refractivity contribution in [2.24, 2.45) is 0 Å². The van der Waals surface area contributed by atoms with Gasteiger partial charge in [-0.05, 0) is 29.6 Å². The molecule has 3 rings (SSSR count). The van der Waals surface area contributed by atoms with E-state index in [0.717, 1.165) is 0 Å². The second kappa shape index (κ2) is 6.49. The third-order valence-corrected chi connectivity index (χ3v) is 3.81. The molecule has 118 valence electrons. The third-order valence-electron chi connectivity index (χ3n) is 3.12. The number of amides is 2. The van der Waals surface area contributed by atoms with Crippen LogP contribution in [0.4, 0.5) is 5.69 Å². The highest BCUT2D eigenvalue weighted by molar-refractivity contribution is 7.08. The van der Waals surface area contributed by atoms with Gasteiger partial charge in [0.05, 0.1) is 5.52 Å². The summed E-state index contributed by atoms with van der Waals surface area (Å²) >= 11 is 1.44. The van der Waals surface area contributed by atoms with Crippen molar-refractivity contribution < 1.29 is 14.0 Å². The highest BCUT2D eigenvalue weighted by Gasteiger charge is 2.08. The molecule has 3 aromatic rings. The van der Waals surface area contributed by atoms with E-state index in [2.05, 4.69) is 15.6 Å². The van der Waals surface area contributed by atoms with Crippen molar-refractivity contribution in [3.05, 3.63) is 51.1 Å². The largest absolute Gasteiger partial charge is 0.417 e. The molecule has 2 aromatic heterocycles. The molecule has 2 heterocycles. The summed E-state index contributed by atoms with van der Waals surface area (Å²) in [5.74, 6) is -0.975. The predicted octanol–water partition coefficient (Wildman–Crippen LogP) is 1.94. The Bertz CT molecular complexity index is 895. The van der Waals surface area contributed by atoms with Crippen LogP contribution < -0.4 is 16.4 Å². The van der Waals surface area contributed by atoms with Gasteiger partial charge in [-0.15, -0.1) is 0 Å². The van der Waals surface area contributed by atoms with Gasteiger partial charge in [0.25, 0.3) is 5.91 Å². The van der Waals surface area contributed by atoms with Crippen LogP contribution in [0.5, 0.6) is 0 Å². The van der Waals surface area contributed by atoms with Crippen molar-refractivity contribution in [2.45, 2.75) is 6.42 Å². The zero-order valence-corrected chi connectivity index (χ0v) is 12.7. The van der Waals surface area contributed by atoms with Crippen molar-refractivity contribution in [3.8, 4) is 0 Å². The zero-order valence-electron chi connectivity index (χ0n) is 11.9. The number of H-pyrrole nitrogens is 1. The average Bonchev–Trinajstić information content (AvgIpc) is 3.15. The number of benzene rings is 1. The van der Waals surface area contributed by atoms with Gasteiger partial charge in [0.15, 0.2) is 5.58 Å². The first kappa shape index (κ1) is 15.0. The molecule has 23 heavy (non-hydrogen) atoms. The molecule has 0 saturated heterocycles. The molecule has 0 aliphatic carbocycles. The van der Waals surface area contributed by atoms with E-state index < -0.39 is 5.76 Å². The molecule has 7 nitrogen and oxygen atoms in total. The summed E-state index contributed by atoms with van der Waals surface area (Å²) in [6.07, 6.45) is 0.149. The number of rotatable bonds is 5. The number of nitrogens with one attached hydrogen (secondary N) is 3. The van der Waals surface area contributed by atoms with Crippen LogP contribution in [0.3, 0.4) is 0 Å². The van der Waals surface area contributed by atoms with Crippen LogP contribution in [0.1, 0.15) is 16.8 Å². The lowest BCUT2D eigenvalue weighted by Crippen LogP contribution is -2.27. The minimum absolute atomic E-state index is 0.149. The normalized spacial score (nSPS) is 10.6. The van der Waals surface area contributed by atoms with E-state index in [1.54, 1.807) is 29.6 Å². The van der Waals surface area contributed by atoms with Crippen molar-refractivity contribution in [2.75, 3.05) is 11.9 Å². The van der Waals surface area contributed by atoms with Gasteiger partial charge >= 0.3 is 5.76 Å². The van der Waals surface area contributed by atoms with E-state index in [4.69, 9.17) is 4.42 Å². The molecule has 0 unspecified atom stereocenters. The molecule has 0 saturated carbocycles. The van der Waals surface area contributed by atoms with E-state index in [1.165, 1.54) is 11.3 Å². The summed E-state index contributed by atoms with van der Waals surface area (Å²) in [6.45, 7) is 0.241. The molecule has 2 amide bonds. The number of fused-ring (bicyclic) bond motifs is 1. The number of aromatic nitrogens is 1. The van der Waals surface area contributed by atoms with Crippen LogP contribution in [0, 0.1) is 0 Å². The van der Waals surface area contributed by atoms with Crippen molar-refractivity contribution in [3.63, 3.8) is 0 Å². The minimum Gasteiger partial charge on any atom is -0.408 e. The Morgan fingerprint density at radius 1 is 1.26 bits per heavy atom. The van der Waals surface area contributed by atoms with Gasteiger partial charge in [-0.25, -0.2) is 4.79 Å². The SMILES string of the molecule is O=C(CCNC(=O)c1ccsc1)Nc1ccc2oc(=O)[nH]c2c1. The van der Waals surface area contributed by atoms with Gasteiger partial charge in [-0.1, -0.05) is 0 Å². The summed E-state index contributed by atoms with van der Waals surface area (Å²) in [7, 11) is 0. The Balaban J connectivity index is 1.52. The van der Waals surface area contributed by atoms with Gasteiger partial charge in [-0.2, -0.15) is 11.3 Å². The molecule has 1 aromatic carbocycles. The van der Waals surface area contributed by atoms with Crippen LogP contribution in [0.15, 0.2) is 44.2 Å². The topological polar surface area (TPSA) is 104 Å². The van der Waals surface area contributed by atoms with Crippen molar-refractivity contribution in [1.29, 1.82) is 0 Å². The molecule has 0 fully saturated rings. The minimum atomic E-state index is -0.542. The summed E-state index contributed by atoms with van der Waals surface area (Å²) in [4.78, 5) is 37.2. The number of anilines is 1. The molecular weight excluding hydrogens is 318 g/mol. The molecular formula is C15H13N3O4S. The maximum Gasteiger partial charge on any atom is 0.417 e. The average molecular weight is 331 g/mol. The Morgan fingerprint density at radius 2 is 2.13 bits per heavy atom. The fourth-order valence-electron chi connectivity index (χ4n) is 2.04. The first-order chi connectivity index (χ1) is 11.1. The van der Waals surface area contributed by atoms with Crippen molar-refractivity contribution in [1.82, 2.24) is 10.3 Å². The number of hydrogen-bond acceptors (Lipinski definition) is 5. The maximum atomic E-state index is 11.9. The predicted molar refractivity (Wildman–Crippen MR) is 86.7 cm³/mol. The van der Waals surface area contributed by atoms with Crippen LogP contribution >= 0.6 is 11.3 Å². The van der Waals surface area contributed by atoms with E-state index in [-0.39, 0.29) is 24.8 Å². The quantitative estimate of drug-likeness (QED) is 0.664. The van der Waals surface area contributed by atoms with E-state index in [0.29, 0.717) is 22.4 Å². The Labute approximate surface area is 134 Å². The first-order valence-corrected chi connectivity index (χ1v) is 7.79. The Hall–Kier alpha value is -2.87. The van der Waals surface area contributed by atoms with Gasteiger partial charge in [0.2, 0.25) is 5.91 Å². The zero-order chi connectivity index (χ0) is 16.2. The lowest BCUT2D eigenvalue weighted by atomic mass is 10.2. The van der Waals surface area contributed by atoms with Gasteiger partial charge < -0.3 is 15.1 Å². The Morgan fingerprint density at radius 3 is 2.91 bits per heavy atom. The summed E-state index contributed by atoms with van der Waals surface area (Å²) < 4.78 is 4.88. The first-order valence-electron chi connectivity index (χ1n) is 6.85. The number of carbonyl (C=O) groups is 2. The fourth-order valence-corrected chi connectivity index (χ4v) is 2.67. The molecule has 0 spiro atoms. The lowest BCUT2D eigenvalue weighted by molar-refractivity contribution is -0.116. The number of hydrogen-bond donors (Lipinski definition) is 3. The fraction of sp³-hybridized carbons (Fsp3) is 0.133. The molecule has 0 atom stereocenters. The standard InChI is InChI=1S/C15H13N3O4S/c19-13(3-5-16-14(20)9-4-6-23-8-9)17-10-1-2-12-11(7-10)18-15(21)22-12/h1-2,4,6-8H,3,5H2,(H,16,20)(H,17,19)(H,18,21). The summed E-state index contributed by atoms with van der Waals surface area (Å²) in [5, 5.41) is 8.94. The smallest absolute Gasteiger partial charge is 0.408 e. The van der Waals surface area contributed by atoms with E-state index in [9.17, 15) is 14.4 Å². The van der Waals surface area contributed by atoms with Crippen molar-refractivity contribution >= 4 is 39.9 Å². The number of oxazole rings is 1. The van der Waals surface area contributed by atoms with Crippen LogP contribution in [-0.2, 0) is 4.79 Å². The highest BCUT2D eigenvalue weighted by Crippen LogP contribution is 2.16. The number of aromatic amines is 1. The Kier molecular flexibility index (Phi) is 4.24. The molecule has 0 aliphatic rings. The molecule has 0 bridgehead atoms. The molecule has 0 aliphatic heterocycles. The second-order valence-corrected chi connectivity index (χ2v) is 5.57. The van der Waals surface area contributed by atoms with E-state index >= 15 is 0 Å². The van der Waals surface area contributed by atoms with Gasteiger partial charge in [-0.3, -0.25) is 14.6 Å². The van der Waals surface area contributed by atoms with E-state index in [1.807, 2.05) is 5.38 Å². The van der Waals surface area contributed by atoms with Crippen LogP contribution in [-0.4, -0.2) is 23.3 Å². The number of carbonyl (C=O) groups excluding carboxylic acids is 2. The van der Waals surface area contributed by atoms with Gasteiger partial charge in [0.1, 0.15) is 0 Å². The third kappa shape index (κ3) is 3.67. The number of thiophene rings is 1. The van der Waals surface area contributed by atoms with Crippen LogP contribution in [0.25, 0.3) is 11.1 Å². The van der Waals surface area contributed by atoms with Gasteiger partial charge in [0, 0.05) is 29.6 Å². The molecule has 3 N–H and O–H groups in total. The second-order valence-electron chi connectivity index (χ2n) is 4.79. The summed E-state index contributed by atoms with van der Waals surface area (Å²) in [5.41, 5.74) is 2.07. The monoisotopic (exact) mass is 331 g/mol. The van der Waals surface area contributed by atoms with Crippen LogP contribution in [0.2, 0.25) is 0 Å². The molecule has 8 heteroatoms.